The number of carboxylic acid groups (broad SMARTS) is 1. The Labute approximate surface area is 237 Å². The van der Waals surface area contributed by atoms with Crippen molar-refractivity contribution < 1.29 is 19.4 Å². The molecule has 0 atom stereocenters. The zero-order valence-corrected chi connectivity index (χ0v) is 24.5. The molecule has 2 aliphatic carbocycles. The zero-order valence-electron chi connectivity index (χ0n) is 23.7. The van der Waals surface area contributed by atoms with Gasteiger partial charge in [-0.1, -0.05) is 49.1 Å². The number of amides is 1. The number of rotatable bonds is 7. The van der Waals surface area contributed by atoms with Crippen molar-refractivity contribution in [2.75, 3.05) is 4.90 Å². The second kappa shape index (κ2) is 12.9. The fourth-order valence-electron chi connectivity index (χ4n) is 5.40. The van der Waals surface area contributed by atoms with Gasteiger partial charge in [0.25, 0.3) is 0 Å². The van der Waals surface area contributed by atoms with Crippen LogP contribution in [0.3, 0.4) is 0 Å². The van der Waals surface area contributed by atoms with Gasteiger partial charge in [0.1, 0.15) is 11.5 Å². The van der Waals surface area contributed by atoms with Gasteiger partial charge in [-0.15, -0.1) is 11.3 Å². The van der Waals surface area contributed by atoms with Crippen molar-refractivity contribution >= 4 is 28.9 Å². The normalized spacial score (nSPS) is 21.4. The van der Waals surface area contributed by atoms with Crippen molar-refractivity contribution in [3.63, 3.8) is 0 Å². The molecule has 4 rings (SSSR count). The third-order valence-electron chi connectivity index (χ3n) is 7.63. The van der Waals surface area contributed by atoms with Gasteiger partial charge in [-0.05, 0) is 95.3 Å². The van der Waals surface area contributed by atoms with Crippen LogP contribution in [0.15, 0.2) is 48.2 Å². The molecule has 1 aromatic carbocycles. The molecule has 1 heterocycles. The first-order valence-corrected chi connectivity index (χ1v) is 15.0. The summed E-state index contributed by atoms with van der Waals surface area (Å²) in [5.74, 6) is 6.04. The molecular formula is C33H41NO4S. The van der Waals surface area contributed by atoms with Gasteiger partial charge in [0.05, 0.1) is 16.8 Å². The second-order valence-corrected chi connectivity index (χ2v) is 13.2. The first-order valence-electron chi connectivity index (χ1n) is 14.2. The Balaban J connectivity index is 1.56. The number of hydrogen-bond acceptors (Lipinski definition) is 4. The number of nitrogens with zero attached hydrogens (tertiary/aromatic N) is 1. The molecule has 2 aliphatic rings. The van der Waals surface area contributed by atoms with Crippen LogP contribution in [0.1, 0.15) is 99.2 Å². The molecule has 0 aliphatic heterocycles. The van der Waals surface area contributed by atoms with Crippen molar-refractivity contribution in [1.29, 1.82) is 0 Å². The molecule has 1 N–H and O–H groups in total. The number of carbonyl (C=O) groups excluding carboxylic acids is 1. The lowest BCUT2D eigenvalue weighted by Crippen LogP contribution is -2.46. The maximum atomic E-state index is 14.1. The minimum absolute atomic E-state index is 0.0424. The van der Waals surface area contributed by atoms with Gasteiger partial charge in [-0.3, -0.25) is 4.79 Å². The predicted octanol–water partition coefficient (Wildman–Crippen LogP) is 8.05. The topological polar surface area (TPSA) is 66.8 Å². The summed E-state index contributed by atoms with van der Waals surface area (Å²) in [4.78, 5) is 29.2. The highest BCUT2D eigenvalue weighted by molar-refractivity contribution is 7.15. The van der Waals surface area contributed by atoms with Crippen molar-refractivity contribution in [3.8, 4) is 11.8 Å². The SMILES string of the molecule is CC1CCC(C(=O)N(c2cc(C#CC(C)(C)C)sc2C(=O)O)C2CCC(=COCc3ccccc3)CC2)CC1. The van der Waals surface area contributed by atoms with Crippen LogP contribution in [0.4, 0.5) is 5.69 Å². The van der Waals surface area contributed by atoms with E-state index < -0.39 is 5.97 Å². The van der Waals surface area contributed by atoms with E-state index in [4.69, 9.17) is 4.74 Å². The maximum absolute atomic E-state index is 14.1. The fraction of sp³-hybridized carbons (Fsp3) is 0.515. The molecule has 39 heavy (non-hydrogen) atoms. The summed E-state index contributed by atoms with van der Waals surface area (Å²) in [7, 11) is 0. The predicted molar refractivity (Wildman–Crippen MR) is 158 cm³/mol. The van der Waals surface area contributed by atoms with Crippen LogP contribution in [0, 0.1) is 29.1 Å². The smallest absolute Gasteiger partial charge is 0.348 e. The molecule has 0 bridgehead atoms. The lowest BCUT2D eigenvalue weighted by Gasteiger charge is -2.38. The fourth-order valence-corrected chi connectivity index (χ4v) is 6.24. The van der Waals surface area contributed by atoms with Crippen molar-refractivity contribution in [3.05, 3.63) is 63.6 Å². The third kappa shape index (κ3) is 7.99. The number of anilines is 1. The summed E-state index contributed by atoms with van der Waals surface area (Å²) < 4.78 is 5.87. The Morgan fingerprint density at radius 3 is 2.36 bits per heavy atom. The Morgan fingerprint density at radius 1 is 1.08 bits per heavy atom. The highest BCUT2D eigenvalue weighted by Crippen LogP contribution is 2.39. The van der Waals surface area contributed by atoms with Gasteiger partial charge in [0.2, 0.25) is 5.91 Å². The zero-order chi connectivity index (χ0) is 28.0. The molecule has 0 saturated heterocycles. The van der Waals surface area contributed by atoms with E-state index in [0.29, 0.717) is 23.1 Å². The molecule has 208 valence electrons. The minimum atomic E-state index is -1.00. The van der Waals surface area contributed by atoms with E-state index in [1.807, 2.05) is 68.3 Å². The summed E-state index contributed by atoms with van der Waals surface area (Å²) in [6, 6.07) is 11.9. The summed E-state index contributed by atoms with van der Waals surface area (Å²) in [5.41, 5.74) is 2.69. The van der Waals surface area contributed by atoms with Crippen molar-refractivity contribution in [2.45, 2.75) is 91.7 Å². The van der Waals surface area contributed by atoms with Crippen LogP contribution < -0.4 is 4.90 Å². The number of thiophene rings is 1. The van der Waals surface area contributed by atoms with Gasteiger partial charge in [0.15, 0.2) is 0 Å². The number of allylic oxidation sites excluding steroid dienone is 1. The van der Waals surface area contributed by atoms with E-state index in [9.17, 15) is 14.7 Å². The highest BCUT2D eigenvalue weighted by atomic mass is 32.1. The van der Waals surface area contributed by atoms with Crippen LogP contribution in [0.25, 0.3) is 0 Å². The number of aromatic carboxylic acids is 1. The van der Waals surface area contributed by atoms with Crippen molar-refractivity contribution in [1.82, 2.24) is 0 Å². The Hall–Kier alpha value is -3.04. The van der Waals surface area contributed by atoms with Gasteiger partial charge < -0.3 is 14.7 Å². The Bertz CT molecular complexity index is 1230. The number of carbonyl (C=O) groups is 2. The minimum Gasteiger partial charge on any atom is -0.497 e. The Kier molecular flexibility index (Phi) is 9.56. The summed E-state index contributed by atoms with van der Waals surface area (Å²) in [5, 5.41) is 10.1. The molecule has 2 aromatic rings. The maximum Gasteiger partial charge on any atom is 0.348 e. The standard InChI is InChI=1S/C33H41NO4S/c1-23-10-14-26(15-11-23)31(35)34(29-20-28(18-19-33(2,3)4)39-30(29)32(36)37)27-16-12-25(13-17-27)22-38-21-24-8-6-5-7-9-24/h5-9,20,22-23,26-27H,10-17,21H2,1-4H3,(H,36,37). The summed E-state index contributed by atoms with van der Waals surface area (Å²) in [6.45, 7) is 8.87. The van der Waals surface area contributed by atoms with E-state index in [0.717, 1.165) is 56.9 Å². The molecular weight excluding hydrogens is 506 g/mol. The van der Waals surface area contributed by atoms with Crippen LogP contribution in [0.5, 0.6) is 0 Å². The van der Waals surface area contributed by atoms with E-state index in [1.54, 1.807) is 0 Å². The van der Waals surface area contributed by atoms with Crippen LogP contribution in [-0.4, -0.2) is 23.0 Å². The first-order chi connectivity index (χ1) is 18.6. The average Bonchev–Trinajstić information content (AvgIpc) is 3.33. The molecule has 1 aromatic heterocycles. The van der Waals surface area contributed by atoms with E-state index in [-0.39, 0.29) is 28.2 Å². The third-order valence-corrected chi connectivity index (χ3v) is 8.66. The number of ether oxygens (including phenoxy) is 1. The summed E-state index contributed by atoms with van der Waals surface area (Å²) in [6.07, 6.45) is 8.92. The second-order valence-electron chi connectivity index (χ2n) is 12.1. The highest BCUT2D eigenvalue weighted by Gasteiger charge is 2.36. The van der Waals surface area contributed by atoms with Gasteiger partial charge in [0, 0.05) is 17.4 Å². The van der Waals surface area contributed by atoms with Gasteiger partial charge in [-0.25, -0.2) is 4.79 Å². The van der Waals surface area contributed by atoms with Gasteiger partial charge >= 0.3 is 5.97 Å². The van der Waals surface area contributed by atoms with Crippen molar-refractivity contribution in [2.24, 2.45) is 17.3 Å². The van der Waals surface area contributed by atoms with Crippen LogP contribution in [0.2, 0.25) is 0 Å². The summed E-state index contributed by atoms with van der Waals surface area (Å²) >= 11 is 1.18. The molecule has 5 nitrogen and oxygen atoms in total. The molecule has 0 spiro atoms. The van der Waals surface area contributed by atoms with E-state index in [1.165, 1.54) is 16.9 Å². The largest absolute Gasteiger partial charge is 0.497 e. The van der Waals surface area contributed by atoms with Gasteiger partial charge in [-0.2, -0.15) is 0 Å². The Morgan fingerprint density at radius 2 is 1.74 bits per heavy atom. The monoisotopic (exact) mass is 547 g/mol. The number of benzene rings is 1. The molecule has 0 radical (unpaired) electrons. The molecule has 2 saturated carbocycles. The van der Waals surface area contributed by atoms with E-state index >= 15 is 0 Å². The molecule has 6 heteroatoms. The molecule has 0 unspecified atom stereocenters. The number of hydrogen-bond donors (Lipinski definition) is 1. The van der Waals surface area contributed by atoms with E-state index in [2.05, 4.69) is 18.8 Å². The molecule has 2 fully saturated rings. The van der Waals surface area contributed by atoms with Crippen LogP contribution in [-0.2, 0) is 16.1 Å². The average molecular weight is 548 g/mol. The molecule has 1 amide bonds. The first kappa shape index (κ1) is 29.0. The van der Waals surface area contributed by atoms with Crippen LogP contribution >= 0.6 is 11.3 Å². The number of carboxylic acids is 1. The lowest BCUT2D eigenvalue weighted by atomic mass is 9.81. The quantitative estimate of drug-likeness (QED) is 0.281. The lowest BCUT2D eigenvalue weighted by molar-refractivity contribution is -0.124.